The number of rotatable bonds is 11. The van der Waals surface area contributed by atoms with Crippen LogP contribution in [0.2, 0.25) is 5.02 Å². The molecule has 0 fully saturated rings. The Labute approximate surface area is 158 Å². The molecular formula is C20H25ClFNO3. The van der Waals surface area contributed by atoms with Crippen molar-refractivity contribution in [3.05, 3.63) is 58.4 Å². The van der Waals surface area contributed by atoms with Crippen LogP contribution >= 0.6 is 11.6 Å². The normalized spacial score (nSPS) is 10.8. The molecule has 0 aliphatic rings. The van der Waals surface area contributed by atoms with Gasteiger partial charge in [0.25, 0.3) is 0 Å². The number of aliphatic hydroxyl groups excluding tert-OH is 1. The number of methoxy groups -OCH3 is 1. The summed E-state index contributed by atoms with van der Waals surface area (Å²) in [5.41, 5.74) is 1.44. The summed E-state index contributed by atoms with van der Waals surface area (Å²) in [6.45, 7) is 1.83. The van der Waals surface area contributed by atoms with Crippen LogP contribution in [0.15, 0.2) is 36.4 Å². The second kappa shape index (κ2) is 11.0. The Kier molecular flexibility index (Phi) is 8.68. The highest BCUT2D eigenvalue weighted by molar-refractivity contribution is 6.32. The van der Waals surface area contributed by atoms with Gasteiger partial charge in [0.1, 0.15) is 12.4 Å². The third kappa shape index (κ3) is 6.16. The van der Waals surface area contributed by atoms with Crippen molar-refractivity contribution >= 4 is 11.6 Å². The lowest BCUT2D eigenvalue weighted by Crippen LogP contribution is -2.15. The highest BCUT2D eigenvalue weighted by Gasteiger charge is 2.13. The highest BCUT2D eigenvalue weighted by Crippen LogP contribution is 2.37. The van der Waals surface area contributed by atoms with E-state index in [0.29, 0.717) is 28.6 Å². The molecule has 2 rings (SSSR count). The molecule has 0 aromatic heterocycles. The smallest absolute Gasteiger partial charge is 0.180 e. The number of unbranched alkanes of at least 4 members (excludes halogenated alkanes) is 2. The minimum Gasteiger partial charge on any atom is -0.493 e. The standard InChI is InChI=1S/C20H25ClFNO3/c1-25-19-12-15(13-23-9-5-2-6-10-24)11-17(21)20(19)26-14-16-7-3-4-8-18(16)22/h3-4,7-8,11-12,23-24H,2,5-6,9-10,13-14H2,1H3. The maximum atomic E-state index is 13.7. The van der Waals surface area contributed by atoms with E-state index in [0.717, 1.165) is 31.4 Å². The van der Waals surface area contributed by atoms with Gasteiger partial charge in [-0.1, -0.05) is 29.8 Å². The van der Waals surface area contributed by atoms with E-state index < -0.39 is 0 Å². The minimum atomic E-state index is -0.315. The summed E-state index contributed by atoms with van der Waals surface area (Å²) in [6, 6.07) is 10.1. The summed E-state index contributed by atoms with van der Waals surface area (Å²) in [7, 11) is 1.55. The molecule has 0 saturated carbocycles. The molecule has 2 aromatic carbocycles. The van der Waals surface area contributed by atoms with E-state index in [2.05, 4.69) is 5.32 Å². The largest absolute Gasteiger partial charge is 0.493 e. The van der Waals surface area contributed by atoms with Gasteiger partial charge in [-0.2, -0.15) is 0 Å². The third-order valence-corrected chi connectivity index (χ3v) is 4.24. The molecule has 2 N–H and O–H groups in total. The number of ether oxygens (including phenoxy) is 2. The Bertz CT molecular complexity index is 697. The Morgan fingerprint density at radius 3 is 2.69 bits per heavy atom. The monoisotopic (exact) mass is 381 g/mol. The fourth-order valence-corrected chi connectivity index (χ4v) is 2.84. The van der Waals surface area contributed by atoms with Crippen LogP contribution in [0.3, 0.4) is 0 Å². The summed E-state index contributed by atoms with van der Waals surface area (Å²) >= 11 is 6.35. The molecule has 0 amide bonds. The SMILES string of the molecule is COc1cc(CNCCCCCO)cc(Cl)c1OCc1ccccc1F. The number of hydrogen-bond donors (Lipinski definition) is 2. The second-order valence-electron chi connectivity index (χ2n) is 5.95. The van der Waals surface area contributed by atoms with Crippen molar-refractivity contribution in [1.82, 2.24) is 5.32 Å². The van der Waals surface area contributed by atoms with Gasteiger partial charge in [0.05, 0.1) is 12.1 Å². The van der Waals surface area contributed by atoms with Crippen molar-refractivity contribution < 1.29 is 19.0 Å². The van der Waals surface area contributed by atoms with Gasteiger partial charge in [0, 0.05) is 18.7 Å². The summed E-state index contributed by atoms with van der Waals surface area (Å²) in [5, 5.41) is 12.5. The van der Waals surface area contributed by atoms with Crippen molar-refractivity contribution in [2.24, 2.45) is 0 Å². The average Bonchev–Trinajstić information content (AvgIpc) is 2.64. The fraction of sp³-hybridized carbons (Fsp3) is 0.400. The first-order valence-corrected chi connectivity index (χ1v) is 9.07. The zero-order valence-corrected chi connectivity index (χ0v) is 15.7. The number of halogens is 2. The predicted molar refractivity (Wildman–Crippen MR) is 101 cm³/mol. The Hall–Kier alpha value is -1.82. The Morgan fingerprint density at radius 2 is 1.96 bits per heavy atom. The number of benzene rings is 2. The van der Waals surface area contributed by atoms with Crippen LogP contribution in [0.5, 0.6) is 11.5 Å². The number of hydrogen-bond acceptors (Lipinski definition) is 4. The maximum absolute atomic E-state index is 13.7. The van der Waals surface area contributed by atoms with E-state index >= 15 is 0 Å². The lowest BCUT2D eigenvalue weighted by atomic mass is 10.2. The van der Waals surface area contributed by atoms with Crippen LogP contribution in [0.1, 0.15) is 30.4 Å². The molecule has 2 aromatic rings. The van der Waals surface area contributed by atoms with Gasteiger partial charge in [0.15, 0.2) is 11.5 Å². The first-order valence-electron chi connectivity index (χ1n) is 8.70. The molecule has 4 nitrogen and oxygen atoms in total. The van der Waals surface area contributed by atoms with Gasteiger partial charge in [-0.25, -0.2) is 4.39 Å². The van der Waals surface area contributed by atoms with Crippen LogP contribution in [0.4, 0.5) is 4.39 Å². The summed E-state index contributed by atoms with van der Waals surface area (Å²) < 4.78 is 24.8. The van der Waals surface area contributed by atoms with Crippen molar-refractivity contribution in [3.8, 4) is 11.5 Å². The third-order valence-electron chi connectivity index (χ3n) is 3.96. The van der Waals surface area contributed by atoms with Gasteiger partial charge in [-0.05, 0) is 49.6 Å². The summed E-state index contributed by atoms with van der Waals surface area (Å²) in [6.07, 6.45) is 2.83. The topological polar surface area (TPSA) is 50.7 Å². The first kappa shape index (κ1) is 20.5. The molecule has 0 spiro atoms. The van der Waals surface area contributed by atoms with Crippen LogP contribution in [-0.4, -0.2) is 25.4 Å². The molecule has 0 saturated heterocycles. The van der Waals surface area contributed by atoms with Crippen molar-refractivity contribution in [2.75, 3.05) is 20.3 Å². The maximum Gasteiger partial charge on any atom is 0.180 e. The Balaban J connectivity index is 1.96. The van der Waals surface area contributed by atoms with Crippen LogP contribution in [-0.2, 0) is 13.2 Å². The van der Waals surface area contributed by atoms with Gasteiger partial charge >= 0.3 is 0 Å². The van der Waals surface area contributed by atoms with Crippen molar-refractivity contribution in [1.29, 1.82) is 0 Å². The molecule has 0 atom stereocenters. The Morgan fingerprint density at radius 1 is 1.15 bits per heavy atom. The van der Waals surface area contributed by atoms with Gasteiger partial charge in [0.2, 0.25) is 0 Å². The first-order chi connectivity index (χ1) is 12.7. The number of aliphatic hydroxyl groups is 1. The lowest BCUT2D eigenvalue weighted by Gasteiger charge is -2.15. The molecule has 0 aliphatic heterocycles. The lowest BCUT2D eigenvalue weighted by molar-refractivity contribution is 0.279. The molecule has 142 valence electrons. The van der Waals surface area contributed by atoms with E-state index in [1.165, 1.54) is 6.07 Å². The minimum absolute atomic E-state index is 0.0746. The predicted octanol–water partition coefficient (Wildman–Crippen LogP) is 4.32. The van der Waals surface area contributed by atoms with Crippen LogP contribution < -0.4 is 14.8 Å². The molecule has 0 heterocycles. The van der Waals surface area contributed by atoms with Crippen molar-refractivity contribution in [2.45, 2.75) is 32.4 Å². The van der Waals surface area contributed by atoms with Crippen molar-refractivity contribution in [3.63, 3.8) is 0 Å². The zero-order valence-electron chi connectivity index (χ0n) is 14.9. The van der Waals surface area contributed by atoms with E-state index in [4.69, 9.17) is 26.2 Å². The second-order valence-corrected chi connectivity index (χ2v) is 6.36. The summed E-state index contributed by atoms with van der Waals surface area (Å²) in [5.74, 6) is 0.611. The van der Waals surface area contributed by atoms with Gasteiger partial charge in [-0.3, -0.25) is 0 Å². The molecule has 0 radical (unpaired) electrons. The van der Waals surface area contributed by atoms with E-state index in [1.807, 2.05) is 12.1 Å². The molecule has 0 unspecified atom stereocenters. The van der Waals surface area contributed by atoms with E-state index in [-0.39, 0.29) is 19.0 Å². The quantitative estimate of drug-likeness (QED) is 0.569. The average molecular weight is 382 g/mol. The molecular weight excluding hydrogens is 357 g/mol. The molecule has 26 heavy (non-hydrogen) atoms. The molecule has 0 bridgehead atoms. The fourth-order valence-electron chi connectivity index (χ4n) is 2.55. The summed E-state index contributed by atoms with van der Waals surface area (Å²) in [4.78, 5) is 0. The van der Waals surface area contributed by atoms with Gasteiger partial charge < -0.3 is 19.9 Å². The highest BCUT2D eigenvalue weighted by atomic mass is 35.5. The van der Waals surface area contributed by atoms with Crippen LogP contribution in [0.25, 0.3) is 0 Å². The van der Waals surface area contributed by atoms with Gasteiger partial charge in [-0.15, -0.1) is 0 Å². The zero-order chi connectivity index (χ0) is 18.8. The molecule has 6 heteroatoms. The van der Waals surface area contributed by atoms with Crippen LogP contribution in [0, 0.1) is 5.82 Å². The number of nitrogens with one attached hydrogen (secondary N) is 1. The van der Waals surface area contributed by atoms with E-state index in [9.17, 15) is 4.39 Å². The van der Waals surface area contributed by atoms with E-state index in [1.54, 1.807) is 25.3 Å². The molecule has 0 aliphatic carbocycles.